The van der Waals surface area contributed by atoms with Gasteiger partial charge in [0.1, 0.15) is 11.4 Å². The van der Waals surface area contributed by atoms with Crippen LogP contribution in [0.5, 0.6) is 0 Å². The minimum Gasteiger partial charge on any atom is -0.444 e. The Morgan fingerprint density at radius 2 is 2.22 bits per heavy atom. The molecular formula is C13H25N3O2. The number of amides is 1. The van der Waals surface area contributed by atoms with Crippen LogP contribution in [0.15, 0.2) is 4.99 Å². The molecule has 104 valence electrons. The van der Waals surface area contributed by atoms with Crippen molar-refractivity contribution in [3.63, 3.8) is 0 Å². The first-order valence-electron chi connectivity index (χ1n) is 6.59. The highest BCUT2D eigenvalue weighted by Gasteiger charge is 2.25. The Balaban J connectivity index is 2.51. The second-order valence-electron chi connectivity index (χ2n) is 5.68. The van der Waals surface area contributed by atoms with Crippen molar-refractivity contribution in [1.82, 2.24) is 10.2 Å². The molecule has 5 heteroatoms. The number of ether oxygens (including phenoxy) is 1. The quantitative estimate of drug-likeness (QED) is 0.821. The van der Waals surface area contributed by atoms with Crippen molar-refractivity contribution in [2.75, 3.05) is 19.6 Å². The molecule has 1 unspecified atom stereocenters. The molecule has 0 saturated carbocycles. The van der Waals surface area contributed by atoms with Crippen LogP contribution < -0.4 is 5.32 Å². The molecule has 0 bridgehead atoms. The van der Waals surface area contributed by atoms with E-state index in [2.05, 4.69) is 24.2 Å². The summed E-state index contributed by atoms with van der Waals surface area (Å²) in [5.74, 6) is 0.876. The summed E-state index contributed by atoms with van der Waals surface area (Å²) in [7, 11) is 0. The monoisotopic (exact) mass is 255 g/mol. The zero-order valence-corrected chi connectivity index (χ0v) is 12.1. The predicted octanol–water partition coefficient (Wildman–Crippen LogP) is 2.02. The van der Waals surface area contributed by atoms with Crippen molar-refractivity contribution >= 4 is 11.9 Å². The van der Waals surface area contributed by atoms with E-state index < -0.39 is 5.60 Å². The highest BCUT2D eigenvalue weighted by atomic mass is 16.6. The summed E-state index contributed by atoms with van der Waals surface area (Å²) in [6.45, 7) is 11.6. The lowest BCUT2D eigenvalue weighted by Gasteiger charge is -2.30. The highest BCUT2D eigenvalue weighted by Crippen LogP contribution is 2.11. The summed E-state index contributed by atoms with van der Waals surface area (Å²) in [6.07, 6.45) is 0.770. The predicted molar refractivity (Wildman–Crippen MR) is 73.0 cm³/mol. The number of nitrogens with zero attached hydrogens (tertiary/aromatic N) is 2. The van der Waals surface area contributed by atoms with Gasteiger partial charge in [-0.3, -0.25) is 9.89 Å². The van der Waals surface area contributed by atoms with Gasteiger partial charge in [-0.15, -0.1) is 0 Å². The van der Waals surface area contributed by atoms with Gasteiger partial charge in [0.2, 0.25) is 0 Å². The van der Waals surface area contributed by atoms with Crippen molar-refractivity contribution in [2.24, 2.45) is 4.99 Å². The average Bonchev–Trinajstić information content (AvgIpc) is 2.27. The number of rotatable bonds is 2. The first-order valence-corrected chi connectivity index (χ1v) is 6.59. The summed E-state index contributed by atoms with van der Waals surface area (Å²) in [5, 5.41) is 3.32. The Kier molecular flexibility index (Phi) is 4.99. The molecule has 0 aliphatic carbocycles. The normalized spacial score (nSPS) is 18.1. The first kappa shape index (κ1) is 14.8. The fourth-order valence-electron chi connectivity index (χ4n) is 1.58. The van der Waals surface area contributed by atoms with Crippen LogP contribution in [0.25, 0.3) is 0 Å². The molecule has 0 spiro atoms. The van der Waals surface area contributed by atoms with Gasteiger partial charge in [-0.05, 0) is 34.1 Å². The van der Waals surface area contributed by atoms with Crippen molar-refractivity contribution in [3.05, 3.63) is 0 Å². The SMILES string of the molecule is CCC(C)NC1=NCCN(C(=O)OC(C)(C)C)C1. The van der Waals surface area contributed by atoms with E-state index >= 15 is 0 Å². The van der Waals surface area contributed by atoms with Gasteiger partial charge in [0.05, 0.1) is 13.1 Å². The van der Waals surface area contributed by atoms with Gasteiger partial charge in [0, 0.05) is 12.6 Å². The van der Waals surface area contributed by atoms with Crippen molar-refractivity contribution in [3.8, 4) is 0 Å². The van der Waals surface area contributed by atoms with E-state index in [1.54, 1.807) is 4.90 Å². The second-order valence-corrected chi connectivity index (χ2v) is 5.68. The summed E-state index contributed by atoms with van der Waals surface area (Å²) in [5.41, 5.74) is -0.448. The average molecular weight is 255 g/mol. The summed E-state index contributed by atoms with van der Waals surface area (Å²) in [6, 6.07) is 0.377. The Bertz CT molecular complexity index is 321. The van der Waals surface area contributed by atoms with Crippen molar-refractivity contribution in [1.29, 1.82) is 0 Å². The number of nitrogens with one attached hydrogen (secondary N) is 1. The van der Waals surface area contributed by atoms with Crippen LogP contribution in [-0.4, -0.2) is 48.1 Å². The topological polar surface area (TPSA) is 53.9 Å². The second kappa shape index (κ2) is 6.07. The van der Waals surface area contributed by atoms with Gasteiger partial charge < -0.3 is 10.1 Å². The maximum absolute atomic E-state index is 11.9. The maximum Gasteiger partial charge on any atom is 0.410 e. The van der Waals surface area contributed by atoms with Crippen LogP contribution in [0, 0.1) is 0 Å². The fourth-order valence-corrected chi connectivity index (χ4v) is 1.58. The van der Waals surface area contributed by atoms with E-state index in [1.165, 1.54) is 0 Å². The van der Waals surface area contributed by atoms with Crippen LogP contribution >= 0.6 is 0 Å². The highest BCUT2D eigenvalue weighted by molar-refractivity contribution is 5.88. The minimum absolute atomic E-state index is 0.263. The van der Waals surface area contributed by atoms with Gasteiger partial charge in [-0.2, -0.15) is 0 Å². The number of carbonyl (C=O) groups excluding carboxylic acids is 1. The number of aliphatic imine (C=N–C) groups is 1. The summed E-state index contributed by atoms with van der Waals surface area (Å²) >= 11 is 0. The van der Waals surface area contributed by atoms with Gasteiger partial charge in [-0.25, -0.2) is 4.79 Å². The Labute approximate surface area is 110 Å². The van der Waals surface area contributed by atoms with Crippen LogP contribution in [-0.2, 0) is 4.74 Å². The molecule has 0 aromatic rings. The van der Waals surface area contributed by atoms with Crippen LogP contribution in [0.4, 0.5) is 4.79 Å². The molecule has 1 rings (SSSR count). The zero-order valence-electron chi connectivity index (χ0n) is 12.1. The van der Waals surface area contributed by atoms with E-state index in [0.717, 1.165) is 12.3 Å². The number of hydrogen-bond donors (Lipinski definition) is 1. The van der Waals surface area contributed by atoms with Gasteiger partial charge in [0.25, 0.3) is 0 Å². The van der Waals surface area contributed by atoms with E-state index in [1.807, 2.05) is 20.8 Å². The number of carbonyl (C=O) groups is 1. The molecule has 1 N–H and O–H groups in total. The van der Waals surface area contributed by atoms with Crippen LogP contribution in [0.2, 0.25) is 0 Å². The molecule has 1 aliphatic rings. The third-order valence-corrected chi connectivity index (χ3v) is 2.69. The molecule has 0 saturated heterocycles. The van der Waals surface area contributed by atoms with E-state index in [9.17, 15) is 4.79 Å². The smallest absolute Gasteiger partial charge is 0.410 e. The molecule has 5 nitrogen and oxygen atoms in total. The molecule has 0 fully saturated rings. The van der Waals surface area contributed by atoms with Crippen LogP contribution in [0.1, 0.15) is 41.0 Å². The molecule has 1 aliphatic heterocycles. The summed E-state index contributed by atoms with van der Waals surface area (Å²) < 4.78 is 5.36. The first-order chi connectivity index (χ1) is 8.31. The molecule has 1 amide bonds. The number of amidine groups is 1. The Hall–Kier alpha value is -1.26. The Morgan fingerprint density at radius 3 is 2.78 bits per heavy atom. The molecule has 0 radical (unpaired) electrons. The lowest BCUT2D eigenvalue weighted by molar-refractivity contribution is 0.0276. The molecule has 0 aromatic heterocycles. The van der Waals surface area contributed by atoms with Gasteiger partial charge in [0.15, 0.2) is 0 Å². The zero-order chi connectivity index (χ0) is 13.8. The van der Waals surface area contributed by atoms with Gasteiger partial charge >= 0.3 is 6.09 Å². The van der Waals surface area contributed by atoms with Crippen molar-refractivity contribution < 1.29 is 9.53 Å². The third kappa shape index (κ3) is 4.94. The number of hydrogen-bond acceptors (Lipinski definition) is 4. The standard InChI is InChI=1S/C13H25N3O2/c1-6-10(2)15-11-9-16(8-7-14-11)12(17)18-13(3,4)5/h10H,6-9H2,1-5H3,(H,14,15). The van der Waals surface area contributed by atoms with Gasteiger partial charge in [-0.1, -0.05) is 6.92 Å². The largest absolute Gasteiger partial charge is 0.444 e. The maximum atomic E-state index is 11.9. The van der Waals surface area contributed by atoms with Crippen LogP contribution in [0.3, 0.4) is 0 Å². The lowest BCUT2D eigenvalue weighted by atomic mass is 10.2. The molecule has 0 aromatic carbocycles. The van der Waals surface area contributed by atoms with E-state index in [-0.39, 0.29) is 6.09 Å². The molecular weight excluding hydrogens is 230 g/mol. The molecule has 1 atom stereocenters. The van der Waals surface area contributed by atoms with E-state index in [4.69, 9.17) is 4.74 Å². The lowest BCUT2D eigenvalue weighted by Crippen LogP contribution is -2.48. The molecule has 1 heterocycles. The fraction of sp³-hybridized carbons (Fsp3) is 0.846. The van der Waals surface area contributed by atoms with Crippen molar-refractivity contribution in [2.45, 2.75) is 52.7 Å². The minimum atomic E-state index is -0.448. The van der Waals surface area contributed by atoms with E-state index in [0.29, 0.717) is 25.7 Å². The molecule has 18 heavy (non-hydrogen) atoms. The third-order valence-electron chi connectivity index (χ3n) is 2.69. The summed E-state index contributed by atoms with van der Waals surface area (Å²) in [4.78, 5) is 18.0. The Morgan fingerprint density at radius 1 is 1.56 bits per heavy atom.